The van der Waals surface area contributed by atoms with E-state index < -0.39 is 53.3 Å². The van der Waals surface area contributed by atoms with Gasteiger partial charge in [0.05, 0.1) is 5.57 Å². The summed E-state index contributed by atoms with van der Waals surface area (Å²) in [6.07, 6.45) is 5.39. The maximum absolute atomic E-state index is 12.9. The lowest BCUT2D eigenvalue weighted by molar-refractivity contribution is -0.130. The topological polar surface area (TPSA) is 147 Å². The van der Waals surface area contributed by atoms with Gasteiger partial charge in [-0.2, -0.15) is 0 Å². The first-order valence-corrected chi connectivity index (χ1v) is 34.9. The molecule has 7 rings (SSSR count). The van der Waals surface area contributed by atoms with E-state index in [1.165, 1.54) is 12.1 Å². The smallest absolute Gasteiger partial charge is 0.233 e. The molecule has 0 spiro atoms. The Morgan fingerprint density at radius 2 is 0.716 bits per heavy atom. The van der Waals surface area contributed by atoms with Crippen molar-refractivity contribution in [3.8, 4) is 0 Å². The van der Waals surface area contributed by atoms with Crippen LogP contribution in [-0.4, -0.2) is 82.2 Å². The minimum atomic E-state index is -1.91. The van der Waals surface area contributed by atoms with Crippen LogP contribution in [0.4, 0.5) is 0 Å². The molecule has 0 heterocycles. The highest BCUT2D eigenvalue weighted by Crippen LogP contribution is 2.40. The summed E-state index contributed by atoms with van der Waals surface area (Å²) in [4.78, 5) is 88.3. The summed E-state index contributed by atoms with van der Waals surface area (Å²) in [5, 5.41) is 0. The number of carbonyl (C=O) groups excluding carboxylic acids is 7. The molecule has 0 amide bonds. The van der Waals surface area contributed by atoms with E-state index >= 15 is 0 Å². The van der Waals surface area contributed by atoms with E-state index in [4.69, 9.17) is 13.3 Å². The second-order valence-electron chi connectivity index (χ2n) is 22.7. The van der Waals surface area contributed by atoms with Gasteiger partial charge >= 0.3 is 0 Å². The van der Waals surface area contributed by atoms with Crippen molar-refractivity contribution in [3.05, 3.63) is 201 Å². The Kier molecular flexibility index (Phi) is 18.1. The molecule has 0 radical (unpaired) electrons. The van der Waals surface area contributed by atoms with Crippen LogP contribution in [0.3, 0.4) is 0 Å². The Morgan fingerprint density at radius 1 is 0.378 bits per heavy atom. The minimum Gasteiger partial charge on any atom is -0.405 e. The van der Waals surface area contributed by atoms with Crippen LogP contribution in [0.15, 0.2) is 157 Å². The van der Waals surface area contributed by atoms with E-state index in [-0.39, 0.29) is 40.1 Å². The highest BCUT2D eigenvalue weighted by molar-refractivity contribution is 6.70. The molecule has 0 atom stereocenters. The lowest BCUT2D eigenvalue weighted by atomic mass is 9.85. The quantitative estimate of drug-likeness (QED) is 0.0381. The van der Waals surface area contributed by atoms with Gasteiger partial charge in [0, 0.05) is 39.0 Å². The molecule has 13 heteroatoms. The van der Waals surface area contributed by atoms with E-state index in [0.717, 1.165) is 16.7 Å². The van der Waals surface area contributed by atoms with Crippen molar-refractivity contribution in [2.75, 3.05) is 0 Å². The molecule has 0 aromatic heterocycles. The zero-order chi connectivity index (χ0) is 55.2. The molecule has 0 saturated carbocycles. The molecule has 10 nitrogen and oxygen atoms in total. The van der Waals surface area contributed by atoms with E-state index in [1.54, 1.807) is 126 Å². The number of hydrogen-bond acceptors (Lipinski definition) is 10. The average molecular weight is 1050 g/mol. The summed E-state index contributed by atoms with van der Waals surface area (Å²) in [5.74, 6) is -1.87. The molecule has 0 bridgehead atoms. The summed E-state index contributed by atoms with van der Waals surface area (Å²) in [6, 6.07) is 38.4. The number of hydrogen-bond donors (Lipinski definition) is 0. The van der Waals surface area contributed by atoms with Gasteiger partial charge in [-0.1, -0.05) is 140 Å². The molecule has 0 aliphatic heterocycles. The molecule has 2 aliphatic rings. The third kappa shape index (κ3) is 15.3. The van der Waals surface area contributed by atoms with Crippen molar-refractivity contribution >= 4 is 77.1 Å². The molecule has 0 N–H and O–H groups in total. The highest BCUT2D eigenvalue weighted by Gasteiger charge is 2.41. The second kappa shape index (κ2) is 23.0. The van der Waals surface area contributed by atoms with Gasteiger partial charge in [0.1, 0.15) is 16.8 Å². The third-order valence-electron chi connectivity index (χ3n) is 11.4. The number of benzene rings is 5. The molecule has 5 aromatic carbocycles. The zero-order valence-corrected chi connectivity index (χ0v) is 48.5. The lowest BCUT2D eigenvalue weighted by Crippen LogP contribution is -2.46. The number of rotatable bonds is 17. The molecular weight excluding hydrogens is 977 g/mol. The summed E-state index contributed by atoms with van der Waals surface area (Å²) < 4.78 is 18.0. The van der Waals surface area contributed by atoms with Crippen LogP contribution >= 0.6 is 0 Å². The number of Topliss-reactive ketones (excluding diaryl/α,β-unsaturated/α-hetero) is 6. The number of fused-ring (bicyclic) bond motifs is 3. The second-order valence-corrected chi connectivity index (χ2v) is 36.0. The molecule has 0 fully saturated rings. The monoisotopic (exact) mass is 1050 g/mol. The molecule has 74 heavy (non-hydrogen) atoms. The van der Waals surface area contributed by atoms with E-state index in [1.807, 2.05) is 93.9 Å². The fourth-order valence-corrected chi connectivity index (χ4v) is 13.7. The van der Waals surface area contributed by atoms with Gasteiger partial charge in [-0.3, -0.25) is 33.6 Å². The van der Waals surface area contributed by atoms with Crippen molar-refractivity contribution in [1.29, 1.82) is 0 Å². The van der Waals surface area contributed by atoms with E-state index in [0.29, 0.717) is 33.4 Å². The van der Waals surface area contributed by atoms with Crippen molar-refractivity contribution in [1.82, 2.24) is 0 Å². The maximum Gasteiger partial charge on any atom is 0.233 e. The summed E-state index contributed by atoms with van der Waals surface area (Å²) in [6.45, 7) is 29.0. The molecule has 0 unspecified atom stereocenters. The summed E-state index contributed by atoms with van der Waals surface area (Å²) in [5.41, 5.74) is 3.81. The van der Waals surface area contributed by atoms with Crippen molar-refractivity contribution in [2.24, 2.45) is 0 Å². The largest absolute Gasteiger partial charge is 0.405 e. The fourth-order valence-electron chi connectivity index (χ4n) is 8.79. The predicted molar refractivity (Wildman–Crippen MR) is 303 cm³/mol. The summed E-state index contributed by atoms with van der Waals surface area (Å²) >= 11 is 0. The first-order chi connectivity index (χ1) is 34.2. The average Bonchev–Trinajstić information content (AvgIpc) is 3.71. The zero-order valence-electron chi connectivity index (χ0n) is 45.5. The third-order valence-corrected chi connectivity index (χ3v) is 14.8. The lowest BCUT2D eigenvalue weighted by Gasteiger charge is -2.32. The van der Waals surface area contributed by atoms with Gasteiger partial charge < -0.3 is 13.3 Å². The maximum atomic E-state index is 12.9. The SMILES string of the molecule is CC(C)(O[Si](C)(C)C)C(=O)C1=CC=C2C(=Cc3ccccc32)C1=O.CC(C)(O[Si](C)(C)C)C(=O)c1ccc(C(=O)C(=O)c2ccccc2)cc1.CC(C)(O[Si](C)(C)C)C(=O)c1ccc(C(=O)c2ccccc2)cc1. The first-order valence-electron chi connectivity index (χ1n) is 24.7. The van der Waals surface area contributed by atoms with Gasteiger partial charge in [-0.15, -0.1) is 0 Å². The Balaban J connectivity index is 0.000000206. The van der Waals surface area contributed by atoms with Gasteiger partial charge in [-0.25, -0.2) is 0 Å². The Bertz CT molecular complexity index is 3030. The molecule has 2 aliphatic carbocycles. The van der Waals surface area contributed by atoms with Crippen LogP contribution < -0.4 is 0 Å². The van der Waals surface area contributed by atoms with Crippen molar-refractivity contribution in [3.63, 3.8) is 0 Å². The summed E-state index contributed by atoms with van der Waals surface area (Å²) in [7, 11) is -5.63. The highest BCUT2D eigenvalue weighted by atomic mass is 28.4. The minimum absolute atomic E-state index is 0.0489. The van der Waals surface area contributed by atoms with E-state index in [9.17, 15) is 33.6 Å². The van der Waals surface area contributed by atoms with Crippen LogP contribution in [0.5, 0.6) is 0 Å². The van der Waals surface area contributed by atoms with Gasteiger partial charge in [0.25, 0.3) is 0 Å². The van der Waals surface area contributed by atoms with Crippen LogP contribution in [-0.2, 0) is 22.9 Å². The standard InChI is InChI=1S/C21H24O4Si.C20H22O3Si.C20H24O3Si/c1-21(2,25-26(3,4)5)20(24)17-13-11-16(12-14-17)19(23)18(22)15-9-7-6-8-10-15;1-20(2,23-24(3,4)5)19(22)16-11-10-15-14-9-7-6-8-13(14)12-17(15)18(16)21;1-20(2,23-24(3,4)5)19(22)17-13-11-16(12-14-17)18(21)15-9-7-6-8-10-15/h6-14H,1-5H3;6-12H,1-5H3;6-14H,1-5H3. The first kappa shape index (κ1) is 58.4. The van der Waals surface area contributed by atoms with Crippen molar-refractivity contribution < 1.29 is 46.8 Å². The van der Waals surface area contributed by atoms with Crippen LogP contribution in [0.2, 0.25) is 58.9 Å². The van der Waals surface area contributed by atoms with Crippen molar-refractivity contribution in [2.45, 2.75) is 117 Å². The molecular formula is C61H70O10Si3. The Hall–Kier alpha value is -6.46. The van der Waals surface area contributed by atoms with Crippen LogP contribution in [0, 0.1) is 0 Å². The van der Waals surface area contributed by atoms with Gasteiger partial charge in [0.15, 0.2) is 53.9 Å². The number of ketones is 7. The van der Waals surface area contributed by atoms with E-state index in [2.05, 4.69) is 19.6 Å². The number of carbonyl (C=O) groups is 7. The molecule has 386 valence electrons. The normalized spacial score (nSPS) is 13.6. The Morgan fingerprint density at radius 3 is 1.15 bits per heavy atom. The fraction of sp³-hybridized carbons (Fsp3) is 0.295. The van der Waals surface area contributed by atoms with Crippen LogP contribution in [0.1, 0.15) is 110 Å². The predicted octanol–water partition coefficient (Wildman–Crippen LogP) is 13.5. The van der Waals surface area contributed by atoms with Gasteiger partial charge in [0.2, 0.25) is 11.6 Å². The molecule has 5 aromatic rings. The number of allylic oxidation sites excluding steroid dienone is 4. The Labute approximate surface area is 440 Å². The van der Waals surface area contributed by atoms with Gasteiger partial charge in [-0.05, 0) is 129 Å². The molecule has 0 saturated heterocycles. The van der Waals surface area contributed by atoms with Crippen LogP contribution in [0.25, 0.3) is 11.6 Å².